The fraction of sp³-hybridized carbons (Fsp3) is 0.143. The first-order valence-corrected chi connectivity index (χ1v) is 12.0. The molecule has 2 aromatic carbocycles. The van der Waals surface area contributed by atoms with Crippen molar-refractivity contribution in [2.24, 2.45) is 0 Å². The Morgan fingerprint density at radius 1 is 1.03 bits per heavy atom. The van der Waals surface area contributed by atoms with Gasteiger partial charge in [-0.2, -0.15) is 17.9 Å². The number of sulfonamides is 1. The highest BCUT2D eigenvalue weighted by Gasteiger charge is 2.69. The van der Waals surface area contributed by atoms with Crippen LogP contribution in [0.4, 0.5) is 24.7 Å². The first-order valence-electron chi connectivity index (χ1n) is 10.1. The van der Waals surface area contributed by atoms with Gasteiger partial charge in [0, 0.05) is 17.6 Å². The summed E-state index contributed by atoms with van der Waals surface area (Å²) >= 11 is 5.81. The molecule has 0 bridgehead atoms. The number of H-pyrrole nitrogens is 1. The lowest BCUT2D eigenvalue weighted by Crippen LogP contribution is -2.61. The maximum Gasteiger partial charge on any atom is 0.421 e. The molecule has 0 saturated heterocycles. The van der Waals surface area contributed by atoms with Gasteiger partial charge in [0.2, 0.25) is 21.5 Å². The van der Waals surface area contributed by atoms with Gasteiger partial charge < -0.3 is 10.6 Å². The molecule has 0 fully saturated rings. The van der Waals surface area contributed by atoms with E-state index in [1.165, 1.54) is 35.9 Å². The zero-order chi connectivity index (χ0) is 27.3. The highest BCUT2D eigenvalue weighted by Crippen LogP contribution is 2.46. The van der Waals surface area contributed by atoms with Crippen LogP contribution in [0.5, 0.6) is 0 Å². The summed E-state index contributed by atoms with van der Waals surface area (Å²) in [5.74, 6) is -3.30. The first-order chi connectivity index (χ1) is 17.2. The van der Waals surface area contributed by atoms with E-state index in [0.717, 1.165) is 24.3 Å². The van der Waals surface area contributed by atoms with Gasteiger partial charge in [-0.25, -0.2) is 17.8 Å². The summed E-state index contributed by atoms with van der Waals surface area (Å²) in [5.41, 5.74) is -8.21. The van der Waals surface area contributed by atoms with Crippen LogP contribution in [-0.4, -0.2) is 36.0 Å². The van der Waals surface area contributed by atoms with Crippen LogP contribution >= 0.6 is 11.6 Å². The highest BCUT2D eigenvalue weighted by molar-refractivity contribution is 7.89. The van der Waals surface area contributed by atoms with E-state index in [2.05, 4.69) is 5.32 Å². The SMILES string of the molecule is CC(=O)Nc1ccc(S(=O)(=O)N[C@]2(C(F)(F)F)C(=O)Nc3c2c(=O)[nH]c(=O)n3-c2ccc(Cl)cc2)cc1. The van der Waals surface area contributed by atoms with Gasteiger partial charge in [0.05, 0.1) is 16.1 Å². The molecule has 3 aromatic rings. The van der Waals surface area contributed by atoms with Crippen molar-refractivity contribution in [2.75, 3.05) is 10.6 Å². The number of aromatic amines is 1. The second-order valence-corrected chi connectivity index (χ2v) is 9.93. The van der Waals surface area contributed by atoms with Crippen molar-refractivity contribution < 1.29 is 31.2 Å². The number of rotatable bonds is 5. The number of alkyl halides is 3. The van der Waals surface area contributed by atoms with Crippen LogP contribution in [0.25, 0.3) is 5.69 Å². The molecular formula is C21H15ClF3N5O6S. The second-order valence-electron chi connectivity index (χ2n) is 7.81. The third-order valence-electron chi connectivity index (χ3n) is 5.34. The summed E-state index contributed by atoms with van der Waals surface area (Å²) in [5, 5.41) is 4.43. The molecule has 1 aromatic heterocycles. The van der Waals surface area contributed by atoms with Crippen molar-refractivity contribution in [3.05, 3.63) is 80.0 Å². The summed E-state index contributed by atoms with van der Waals surface area (Å²) in [4.78, 5) is 50.3. The second kappa shape index (κ2) is 8.86. The molecule has 2 amide bonds. The van der Waals surface area contributed by atoms with Crippen molar-refractivity contribution in [3.63, 3.8) is 0 Å². The number of anilines is 2. The summed E-state index contributed by atoms with van der Waals surface area (Å²) < 4.78 is 71.7. The molecular weight excluding hydrogens is 543 g/mol. The predicted octanol–water partition coefficient (Wildman–Crippen LogP) is 1.83. The molecule has 0 spiro atoms. The zero-order valence-electron chi connectivity index (χ0n) is 18.4. The van der Waals surface area contributed by atoms with Crippen molar-refractivity contribution in [1.29, 1.82) is 0 Å². The Morgan fingerprint density at radius 2 is 1.62 bits per heavy atom. The predicted molar refractivity (Wildman–Crippen MR) is 125 cm³/mol. The van der Waals surface area contributed by atoms with Crippen LogP contribution < -0.4 is 26.6 Å². The van der Waals surface area contributed by atoms with Gasteiger partial charge >= 0.3 is 11.9 Å². The molecule has 0 aliphatic carbocycles. The van der Waals surface area contributed by atoms with E-state index >= 15 is 0 Å². The van der Waals surface area contributed by atoms with Crippen LogP contribution in [0.3, 0.4) is 0 Å². The number of benzene rings is 2. The Kier molecular flexibility index (Phi) is 6.26. The maximum atomic E-state index is 14.6. The fourth-order valence-electron chi connectivity index (χ4n) is 3.76. The topological polar surface area (TPSA) is 159 Å². The van der Waals surface area contributed by atoms with Crippen molar-refractivity contribution in [3.8, 4) is 5.69 Å². The number of halogens is 4. The number of nitrogens with zero attached hydrogens (tertiary/aromatic N) is 1. The maximum absolute atomic E-state index is 14.6. The van der Waals surface area contributed by atoms with Crippen LogP contribution in [-0.2, 0) is 25.2 Å². The average Bonchev–Trinajstić information content (AvgIpc) is 3.07. The van der Waals surface area contributed by atoms with E-state index in [1.54, 1.807) is 4.98 Å². The third kappa shape index (κ3) is 4.41. The lowest BCUT2D eigenvalue weighted by atomic mass is 9.93. The zero-order valence-corrected chi connectivity index (χ0v) is 20.0. The lowest BCUT2D eigenvalue weighted by Gasteiger charge is -2.29. The van der Waals surface area contributed by atoms with E-state index in [0.29, 0.717) is 4.57 Å². The number of fused-ring (bicyclic) bond motifs is 1. The monoisotopic (exact) mass is 557 g/mol. The minimum atomic E-state index is -5.68. The number of nitrogens with one attached hydrogen (secondary N) is 4. The van der Waals surface area contributed by atoms with Gasteiger partial charge in [-0.1, -0.05) is 11.6 Å². The summed E-state index contributed by atoms with van der Waals surface area (Å²) in [7, 11) is -5.12. The number of hydrogen-bond acceptors (Lipinski definition) is 6. The van der Waals surface area contributed by atoms with Gasteiger partial charge in [0.1, 0.15) is 5.82 Å². The summed E-state index contributed by atoms with van der Waals surface area (Å²) in [6.45, 7) is 1.19. The molecule has 4 rings (SSSR count). The van der Waals surface area contributed by atoms with E-state index in [-0.39, 0.29) is 16.4 Å². The Balaban J connectivity index is 1.92. The van der Waals surface area contributed by atoms with Crippen molar-refractivity contribution in [1.82, 2.24) is 14.3 Å². The fourth-order valence-corrected chi connectivity index (χ4v) is 5.21. The van der Waals surface area contributed by atoms with Gasteiger partial charge in [-0.3, -0.25) is 19.4 Å². The molecule has 37 heavy (non-hydrogen) atoms. The number of carbonyl (C=O) groups is 2. The first kappa shape index (κ1) is 26.1. The van der Waals surface area contributed by atoms with E-state index < -0.39 is 61.1 Å². The van der Waals surface area contributed by atoms with Crippen LogP contribution in [0.1, 0.15) is 12.5 Å². The van der Waals surface area contributed by atoms with Crippen molar-refractivity contribution in [2.45, 2.75) is 23.5 Å². The molecule has 1 aliphatic rings. The molecule has 4 N–H and O–H groups in total. The molecule has 194 valence electrons. The van der Waals surface area contributed by atoms with Crippen LogP contribution in [0.2, 0.25) is 5.02 Å². The Morgan fingerprint density at radius 3 is 2.16 bits per heavy atom. The smallest absolute Gasteiger partial charge is 0.326 e. The van der Waals surface area contributed by atoms with Gasteiger partial charge in [0.25, 0.3) is 11.5 Å². The molecule has 0 radical (unpaired) electrons. The largest absolute Gasteiger partial charge is 0.421 e. The van der Waals surface area contributed by atoms with Gasteiger partial charge in [-0.15, -0.1) is 0 Å². The quantitative estimate of drug-likeness (QED) is 0.374. The molecule has 0 unspecified atom stereocenters. The molecule has 2 heterocycles. The lowest BCUT2D eigenvalue weighted by molar-refractivity contribution is -0.194. The van der Waals surface area contributed by atoms with Crippen molar-refractivity contribution >= 4 is 44.9 Å². The minimum absolute atomic E-state index is 0.0726. The highest BCUT2D eigenvalue weighted by atomic mass is 35.5. The number of aromatic nitrogens is 2. The van der Waals surface area contributed by atoms with Gasteiger partial charge in [-0.05, 0) is 48.5 Å². The number of carbonyl (C=O) groups excluding carboxylic acids is 2. The molecule has 1 aliphatic heterocycles. The van der Waals surface area contributed by atoms with Crippen LogP contribution in [0, 0.1) is 0 Å². The molecule has 16 heteroatoms. The number of amides is 2. The minimum Gasteiger partial charge on any atom is -0.326 e. The van der Waals surface area contributed by atoms with E-state index in [9.17, 15) is 40.8 Å². The normalized spacial score (nSPS) is 17.3. The Labute approximate surface area is 210 Å². The van der Waals surface area contributed by atoms with Crippen LogP contribution in [0.15, 0.2) is 63.0 Å². The van der Waals surface area contributed by atoms with Gasteiger partial charge in [0.15, 0.2) is 0 Å². The standard InChI is InChI=1S/C21H15ClF3N5O6S/c1-10(31)26-12-4-8-14(9-5-12)37(35,36)29-20(21(23,24)25)15-16(27-18(20)33)30(19(34)28-17(15)32)13-6-2-11(22)3-7-13/h2-9,29H,1H3,(H,26,31)(H,27,33)(H,28,32,34)/t20-/m0/s1. The van der Waals surface area contributed by atoms with E-state index in [4.69, 9.17) is 11.6 Å². The Bertz CT molecular complexity index is 1650. The molecule has 1 atom stereocenters. The van der Waals surface area contributed by atoms with E-state index in [1.807, 2.05) is 5.32 Å². The summed E-state index contributed by atoms with van der Waals surface area (Å²) in [6, 6.07) is 9.11. The molecule has 0 saturated carbocycles. The number of hydrogen-bond donors (Lipinski definition) is 4. The third-order valence-corrected chi connectivity index (χ3v) is 7.06. The Hall–Kier alpha value is -3.95. The average molecular weight is 558 g/mol. The summed E-state index contributed by atoms with van der Waals surface area (Å²) in [6.07, 6.45) is -5.68. The molecule has 11 nitrogen and oxygen atoms in total.